The number of carbonyl (C=O) groups is 1. The van der Waals surface area contributed by atoms with Gasteiger partial charge in [-0.25, -0.2) is 0 Å². The number of Topliss-reactive ketones (excluding diaryl/α,β-unsaturated/α-hetero) is 1. The van der Waals surface area contributed by atoms with E-state index in [1.165, 1.54) is 0 Å². The molecule has 1 aromatic heterocycles. The highest BCUT2D eigenvalue weighted by Crippen LogP contribution is 2.25. The number of carbonyl (C=O) groups excluding carboxylic acids is 1. The van der Waals surface area contributed by atoms with Gasteiger partial charge >= 0.3 is 0 Å². The average Bonchev–Trinajstić information content (AvgIpc) is 2.75. The quantitative estimate of drug-likeness (QED) is 0.820. The molecule has 0 aliphatic heterocycles. The van der Waals surface area contributed by atoms with E-state index in [1.807, 2.05) is 17.5 Å². The fourth-order valence-corrected chi connectivity index (χ4v) is 2.75. The van der Waals surface area contributed by atoms with E-state index in [-0.39, 0.29) is 5.78 Å². The third-order valence-electron chi connectivity index (χ3n) is 2.68. The Morgan fingerprint density at radius 2 is 2.18 bits per heavy atom. The monoisotopic (exact) mass is 247 g/mol. The first kappa shape index (κ1) is 12.3. The molecule has 1 N–H and O–H groups in total. The summed E-state index contributed by atoms with van der Waals surface area (Å²) in [7, 11) is 0. The molecule has 0 radical (unpaired) electrons. The first-order valence-electron chi connectivity index (χ1n) is 5.91. The first-order valence-corrected chi connectivity index (χ1v) is 6.79. The molecule has 0 spiro atoms. The van der Waals surface area contributed by atoms with E-state index in [1.54, 1.807) is 11.3 Å². The van der Waals surface area contributed by atoms with Crippen LogP contribution < -0.4 is 5.32 Å². The van der Waals surface area contributed by atoms with Gasteiger partial charge in [0.05, 0.1) is 0 Å². The molecule has 1 aromatic carbocycles. The molecule has 0 amide bonds. The van der Waals surface area contributed by atoms with Crippen molar-refractivity contribution in [3.63, 3.8) is 0 Å². The van der Waals surface area contributed by atoms with Crippen molar-refractivity contribution in [2.45, 2.75) is 26.3 Å². The van der Waals surface area contributed by atoms with E-state index in [4.69, 9.17) is 0 Å². The maximum Gasteiger partial charge on any atom is 0.165 e. The van der Waals surface area contributed by atoms with E-state index < -0.39 is 0 Å². The Morgan fingerprint density at radius 3 is 2.94 bits per heavy atom. The number of ketones is 1. The topological polar surface area (TPSA) is 29.1 Å². The van der Waals surface area contributed by atoms with Gasteiger partial charge in [0.25, 0.3) is 0 Å². The summed E-state index contributed by atoms with van der Waals surface area (Å²) in [5.74, 6) is 0.228. The van der Waals surface area contributed by atoms with Gasteiger partial charge < -0.3 is 5.32 Å². The highest BCUT2D eigenvalue weighted by atomic mass is 32.1. The Labute approximate surface area is 106 Å². The van der Waals surface area contributed by atoms with Crippen LogP contribution in [-0.4, -0.2) is 18.4 Å². The van der Waals surface area contributed by atoms with Gasteiger partial charge in [0.2, 0.25) is 0 Å². The lowest BCUT2D eigenvalue weighted by Crippen LogP contribution is -2.25. The zero-order valence-corrected chi connectivity index (χ0v) is 11.0. The standard InChI is InChI=1S/C14H17NOS/c1-10(2)15-8-6-13(16)12-5-3-4-11-7-9-17-14(11)12/h3-5,7,9-10,15H,6,8H2,1-2H3. The maximum absolute atomic E-state index is 12.1. The third-order valence-corrected chi connectivity index (χ3v) is 3.65. The largest absolute Gasteiger partial charge is 0.314 e. The lowest BCUT2D eigenvalue weighted by molar-refractivity contribution is 0.0984. The van der Waals surface area contributed by atoms with Crippen LogP contribution in [0.5, 0.6) is 0 Å². The Balaban J connectivity index is 2.11. The van der Waals surface area contributed by atoms with Crippen LogP contribution in [0.15, 0.2) is 29.6 Å². The van der Waals surface area contributed by atoms with E-state index in [2.05, 4.69) is 31.3 Å². The Bertz CT molecular complexity index is 516. The van der Waals surface area contributed by atoms with Crippen molar-refractivity contribution in [1.82, 2.24) is 5.32 Å². The zero-order valence-electron chi connectivity index (χ0n) is 10.2. The predicted molar refractivity (Wildman–Crippen MR) is 73.9 cm³/mol. The number of hydrogen-bond donors (Lipinski definition) is 1. The molecular formula is C14H17NOS. The van der Waals surface area contributed by atoms with Crippen molar-refractivity contribution >= 4 is 27.2 Å². The molecule has 2 aromatic rings. The predicted octanol–water partition coefficient (Wildman–Crippen LogP) is 3.47. The molecule has 0 bridgehead atoms. The number of fused-ring (bicyclic) bond motifs is 1. The number of benzene rings is 1. The highest BCUT2D eigenvalue weighted by Gasteiger charge is 2.10. The van der Waals surface area contributed by atoms with Gasteiger partial charge in [-0.15, -0.1) is 11.3 Å². The van der Waals surface area contributed by atoms with Crippen LogP contribution >= 0.6 is 11.3 Å². The summed E-state index contributed by atoms with van der Waals surface area (Å²) < 4.78 is 1.11. The second-order valence-corrected chi connectivity index (χ2v) is 5.34. The van der Waals surface area contributed by atoms with E-state index in [0.29, 0.717) is 12.5 Å². The van der Waals surface area contributed by atoms with Gasteiger partial charge in [-0.2, -0.15) is 0 Å². The molecule has 0 unspecified atom stereocenters. The molecule has 0 aliphatic carbocycles. The van der Waals surface area contributed by atoms with Crippen LogP contribution in [0.3, 0.4) is 0 Å². The van der Waals surface area contributed by atoms with Crippen molar-refractivity contribution in [1.29, 1.82) is 0 Å². The lowest BCUT2D eigenvalue weighted by atomic mass is 10.1. The van der Waals surface area contributed by atoms with Crippen LogP contribution in [0.4, 0.5) is 0 Å². The highest BCUT2D eigenvalue weighted by molar-refractivity contribution is 7.17. The number of rotatable bonds is 5. The Hall–Kier alpha value is -1.19. The van der Waals surface area contributed by atoms with Gasteiger partial charge in [-0.05, 0) is 22.9 Å². The van der Waals surface area contributed by atoms with Gasteiger partial charge in [-0.1, -0.05) is 26.0 Å². The first-order chi connectivity index (χ1) is 8.18. The molecule has 1 heterocycles. The molecule has 2 rings (SSSR count). The summed E-state index contributed by atoms with van der Waals surface area (Å²) in [6.07, 6.45) is 0.565. The zero-order chi connectivity index (χ0) is 12.3. The minimum atomic E-state index is 0.228. The number of thiophene rings is 1. The van der Waals surface area contributed by atoms with Crippen LogP contribution in [0.25, 0.3) is 10.1 Å². The SMILES string of the molecule is CC(C)NCCC(=O)c1cccc2ccsc12. The van der Waals surface area contributed by atoms with Crippen LogP contribution in [-0.2, 0) is 0 Å². The number of hydrogen-bond acceptors (Lipinski definition) is 3. The molecule has 17 heavy (non-hydrogen) atoms. The minimum Gasteiger partial charge on any atom is -0.314 e. The smallest absolute Gasteiger partial charge is 0.165 e. The van der Waals surface area contributed by atoms with Crippen molar-refractivity contribution in [2.75, 3.05) is 6.54 Å². The number of nitrogens with one attached hydrogen (secondary N) is 1. The van der Waals surface area contributed by atoms with Crippen molar-refractivity contribution < 1.29 is 4.79 Å². The molecular weight excluding hydrogens is 230 g/mol. The lowest BCUT2D eigenvalue weighted by Gasteiger charge is -2.07. The van der Waals surface area contributed by atoms with Gasteiger partial charge in [0.15, 0.2) is 5.78 Å². The fraction of sp³-hybridized carbons (Fsp3) is 0.357. The average molecular weight is 247 g/mol. The summed E-state index contributed by atoms with van der Waals surface area (Å²) in [5, 5.41) is 6.47. The fourth-order valence-electron chi connectivity index (χ4n) is 1.82. The summed E-state index contributed by atoms with van der Waals surface area (Å²) in [5.41, 5.74) is 0.864. The summed E-state index contributed by atoms with van der Waals surface area (Å²) in [6, 6.07) is 8.42. The summed E-state index contributed by atoms with van der Waals surface area (Å²) >= 11 is 1.64. The third kappa shape index (κ3) is 2.93. The maximum atomic E-state index is 12.1. The molecule has 0 saturated heterocycles. The van der Waals surface area contributed by atoms with Crippen LogP contribution in [0, 0.1) is 0 Å². The van der Waals surface area contributed by atoms with Crippen LogP contribution in [0.1, 0.15) is 30.6 Å². The molecule has 90 valence electrons. The van der Waals surface area contributed by atoms with Gasteiger partial charge in [0.1, 0.15) is 0 Å². The van der Waals surface area contributed by atoms with Gasteiger partial charge in [-0.3, -0.25) is 4.79 Å². The van der Waals surface area contributed by atoms with Crippen molar-refractivity contribution in [3.8, 4) is 0 Å². The molecule has 0 saturated carbocycles. The van der Waals surface area contributed by atoms with Crippen molar-refractivity contribution in [3.05, 3.63) is 35.2 Å². The Kier molecular flexibility index (Phi) is 3.92. The van der Waals surface area contributed by atoms with Crippen LogP contribution in [0.2, 0.25) is 0 Å². The molecule has 2 nitrogen and oxygen atoms in total. The van der Waals surface area contributed by atoms with Crippen molar-refractivity contribution in [2.24, 2.45) is 0 Å². The second kappa shape index (κ2) is 5.43. The molecule has 3 heteroatoms. The summed E-state index contributed by atoms with van der Waals surface area (Å²) in [6.45, 7) is 4.92. The van der Waals surface area contributed by atoms with E-state index in [9.17, 15) is 4.79 Å². The summed E-state index contributed by atoms with van der Waals surface area (Å²) in [4.78, 5) is 12.1. The van der Waals surface area contributed by atoms with E-state index >= 15 is 0 Å². The molecule has 0 aliphatic rings. The van der Waals surface area contributed by atoms with E-state index in [0.717, 1.165) is 22.2 Å². The minimum absolute atomic E-state index is 0.228. The molecule has 0 atom stereocenters. The van der Waals surface area contributed by atoms with Gasteiger partial charge in [0, 0.05) is 29.3 Å². The molecule has 0 fully saturated rings. The normalized spacial score (nSPS) is 11.2. The Morgan fingerprint density at radius 1 is 1.35 bits per heavy atom. The second-order valence-electron chi connectivity index (χ2n) is 4.43.